The van der Waals surface area contributed by atoms with Gasteiger partial charge < -0.3 is 16.4 Å². The number of hydrogen-bond donors (Lipinski definition) is 3. The Balaban J connectivity index is 1.28. The van der Waals surface area contributed by atoms with Crippen LogP contribution in [0.3, 0.4) is 0 Å². The molecule has 220 valence electrons. The van der Waals surface area contributed by atoms with Gasteiger partial charge in [0.25, 0.3) is 15.9 Å². The first-order valence-corrected chi connectivity index (χ1v) is 15.8. The van der Waals surface area contributed by atoms with Crippen LogP contribution in [0.2, 0.25) is 0 Å². The quantitative estimate of drug-likeness (QED) is 0.227. The normalized spacial score (nSPS) is 17.0. The van der Waals surface area contributed by atoms with Crippen molar-refractivity contribution in [2.75, 3.05) is 11.1 Å². The Bertz CT molecular complexity index is 1870. The Morgan fingerprint density at radius 2 is 1.74 bits per heavy atom. The van der Waals surface area contributed by atoms with Gasteiger partial charge in [0.15, 0.2) is 0 Å². The Hall–Kier alpha value is -4.77. The zero-order valence-electron chi connectivity index (χ0n) is 23.8. The number of anilines is 2. The molecule has 5 aromatic rings. The molecule has 6 rings (SSSR count). The van der Waals surface area contributed by atoms with Gasteiger partial charge in [-0.2, -0.15) is 0 Å². The average molecular weight is 596 g/mol. The molecule has 0 aliphatic heterocycles. The molecule has 3 aromatic heterocycles. The van der Waals surface area contributed by atoms with Crippen molar-refractivity contribution >= 4 is 38.5 Å². The van der Waals surface area contributed by atoms with Crippen molar-refractivity contribution < 1.29 is 13.2 Å². The predicted octanol–water partition coefficient (Wildman–Crippen LogP) is 5.03. The van der Waals surface area contributed by atoms with Gasteiger partial charge in [-0.3, -0.25) is 4.79 Å². The van der Waals surface area contributed by atoms with E-state index in [0.717, 1.165) is 35.8 Å². The first-order chi connectivity index (χ1) is 20.8. The van der Waals surface area contributed by atoms with Crippen LogP contribution < -0.4 is 16.4 Å². The van der Waals surface area contributed by atoms with E-state index in [2.05, 4.69) is 20.6 Å². The standard InChI is InChI=1S/C32H33N7O3S/c1-2-21-18-35-32(37-24-10-8-9-23(17-24)36-31(40)28-16-15-22(33)19-34-28)38-30(21)27-20-39(29-14-7-6-13-26(27)29)43(41,42)25-11-4-3-5-12-25/h3-7,11-16,18-20,23-24H,2,8-10,17,33H2,1H3,(H,36,40)(H,35,37,38)/t23-,24+/m0/s1. The Morgan fingerprint density at radius 3 is 2.51 bits per heavy atom. The monoisotopic (exact) mass is 595 g/mol. The molecule has 1 amide bonds. The molecule has 3 heterocycles. The van der Waals surface area contributed by atoms with Gasteiger partial charge in [0.2, 0.25) is 5.95 Å². The largest absolute Gasteiger partial charge is 0.397 e. The number of pyridine rings is 1. The highest BCUT2D eigenvalue weighted by Gasteiger charge is 2.26. The number of rotatable bonds is 8. The maximum atomic E-state index is 13.7. The molecule has 0 spiro atoms. The summed E-state index contributed by atoms with van der Waals surface area (Å²) in [6, 6.07) is 19.2. The van der Waals surface area contributed by atoms with E-state index in [-0.39, 0.29) is 22.9 Å². The van der Waals surface area contributed by atoms with Crippen LogP contribution in [-0.2, 0) is 16.4 Å². The van der Waals surface area contributed by atoms with Crippen molar-refractivity contribution in [1.29, 1.82) is 0 Å². The molecule has 43 heavy (non-hydrogen) atoms. The van der Waals surface area contributed by atoms with Crippen molar-refractivity contribution in [1.82, 2.24) is 24.2 Å². The third-order valence-electron chi connectivity index (χ3n) is 7.84. The zero-order valence-corrected chi connectivity index (χ0v) is 24.6. The fraction of sp³-hybridized carbons (Fsp3) is 0.250. The van der Waals surface area contributed by atoms with Crippen molar-refractivity contribution in [3.05, 3.63) is 96.6 Å². The average Bonchev–Trinajstić information content (AvgIpc) is 3.42. The van der Waals surface area contributed by atoms with Crippen LogP contribution in [0.15, 0.2) is 90.2 Å². The lowest BCUT2D eigenvalue weighted by Crippen LogP contribution is -2.42. The van der Waals surface area contributed by atoms with Crippen molar-refractivity contribution in [3.8, 4) is 11.3 Å². The summed E-state index contributed by atoms with van der Waals surface area (Å²) in [7, 11) is -3.83. The smallest absolute Gasteiger partial charge is 0.270 e. The lowest BCUT2D eigenvalue weighted by atomic mass is 9.91. The number of nitrogen functional groups attached to an aromatic ring is 1. The number of nitrogens with two attached hydrogens (primary N) is 1. The van der Waals surface area contributed by atoms with E-state index in [4.69, 9.17) is 10.7 Å². The number of hydrogen-bond acceptors (Lipinski definition) is 8. The summed E-state index contributed by atoms with van der Waals surface area (Å²) in [6.07, 6.45) is 9.05. The number of carbonyl (C=O) groups is 1. The lowest BCUT2D eigenvalue weighted by Gasteiger charge is -2.30. The van der Waals surface area contributed by atoms with Crippen molar-refractivity contribution in [2.24, 2.45) is 0 Å². The van der Waals surface area contributed by atoms with Gasteiger partial charge in [0, 0.05) is 35.4 Å². The first-order valence-electron chi connectivity index (χ1n) is 14.4. The van der Waals surface area contributed by atoms with Crippen LogP contribution >= 0.6 is 0 Å². The second kappa shape index (κ2) is 11.8. The maximum absolute atomic E-state index is 13.7. The Kier molecular flexibility index (Phi) is 7.81. The zero-order chi connectivity index (χ0) is 30.0. The molecule has 0 bridgehead atoms. The fourth-order valence-electron chi connectivity index (χ4n) is 5.65. The van der Waals surface area contributed by atoms with E-state index in [0.29, 0.717) is 41.4 Å². The van der Waals surface area contributed by atoms with Gasteiger partial charge in [-0.15, -0.1) is 0 Å². The van der Waals surface area contributed by atoms with E-state index < -0.39 is 10.0 Å². The molecule has 1 aliphatic carbocycles. The maximum Gasteiger partial charge on any atom is 0.270 e. The van der Waals surface area contributed by atoms with E-state index in [1.165, 1.54) is 10.2 Å². The van der Waals surface area contributed by atoms with Gasteiger partial charge in [0.05, 0.1) is 28.0 Å². The second-order valence-corrected chi connectivity index (χ2v) is 12.6. The summed E-state index contributed by atoms with van der Waals surface area (Å²) in [5.74, 6) is 0.241. The number of nitrogens with zero attached hydrogens (tertiary/aromatic N) is 4. The molecular weight excluding hydrogens is 562 g/mol. The van der Waals surface area contributed by atoms with Crippen LogP contribution in [0, 0.1) is 0 Å². The van der Waals surface area contributed by atoms with Gasteiger partial charge in [-0.1, -0.05) is 43.3 Å². The Labute approximate surface area is 250 Å². The first kappa shape index (κ1) is 28.4. The number of para-hydroxylation sites is 1. The molecule has 1 saturated carbocycles. The number of fused-ring (bicyclic) bond motifs is 1. The van der Waals surface area contributed by atoms with Crippen LogP contribution in [-0.4, -0.2) is 45.3 Å². The summed E-state index contributed by atoms with van der Waals surface area (Å²) in [5, 5.41) is 7.36. The van der Waals surface area contributed by atoms with E-state index >= 15 is 0 Å². The highest BCUT2D eigenvalue weighted by Crippen LogP contribution is 2.34. The number of aromatic nitrogens is 4. The van der Waals surface area contributed by atoms with Gasteiger partial charge in [-0.05, 0) is 68.0 Å². The van der Waals surface area contributed by atoms with Crippen molar-refractivity contribution in [2.45, 2.75) is 56.0 Å². The highest BCUT2D eigenvalue weighted by molar-refractivity contribution is 7.90. The van der Waals surface area contributed by atoms with Gasteiger partial charge in [0.1, 0.15) is 5.69 Å². The van der Waals surface area contributed by atoms with Crippen LogP contribution in [0.1, 0.15) is 48.7 Å². The fourth-order valence-corrected chi connectivity index (χ4v) is 7.04. The summed E-state index contributed by atoms with van der Waals surface area (Å²) >= 11 is 0. The molecule has 2 aromatic carbocycles. The van der Waals surface area contributed by atoms with Gasteiger partial charge in [-0.25, -0.2) is 27.3 Å². The molecule has 0 unspecified atom stereocenters. The third kappa shape index (κ3) is 5.80. The van der Waals surface area contributed by atoms with Crippen LogP contribution in [0.5, 0.6) is 0 Å². The molecule has 0 radical (unpaired) electrons. The minimum absolute atomic E-state index is 0.0198. The molecule has 11 heteroatoms. The summed E-state index contributed by atoms with van der Waals surface area (Å²) in [6.45, 7) is 2.03. The predicted molar refractivity (Wildman–Crippen MR) is 167 cm³/mol. The number of amides is 1. The molecule has 1 fully saturated rings. The highest BCUT2D eigenvalue weighted by atomic mass is 32.2. The minimum atomic E-state index is -3.83. The van der Waals surface area contributed by atoms with Crippen LogP contribution in [0.25, 0.3) is 22.2 Å². The summed E-state index contributed by atoms with van der Waals surface area (Å²) in [5.41, 5.74) is 9.45. The molecular formula is C32H33N7O3S. The van der Waals surface area contributed by atoms with Gasteiger partial charge >= 0.3 is 0 Å². The van der Waals surface area contributed by atoms with Crippen molar-refractivity contribution in [3.63, 3.8) is 0 Å². The topological polar surface area (TPSA) is 145 Å². The number of nitrogens with one attached hydrogen (secondary N) is 2. The second-order valence-electron chi connectivity index (χ2n) is 10.7. The summed E-state index contributed by atoms with van der Waals surface area (Å²) in [4.78, 5) is 26.6. The van der Waals surface area contributed by atoms with E-state index in [1.54, 1.807) is 54.9 Å². The lowest BCUT2D eigenvalue weighted by molar-refractivity contribution is 0.0921. The molecule has 0 saturated heterocycles. The SMILES string of the molecule is CCc1cnc(N[C@@H]2CCC[C@H](NC(=O)c3ccc(N)cn3)C2)nc1-c1cn(S(=O)(=O)c2ccccc2)c2ccccc12. The number of carbonyl (C=O) groups excluding carboxylic acids is 1. The van der Waals surface area contributed by atoms with E-state index in [9.17, 15) is 13.2 Å². The van der Waals surface area contributed by atoms with E-state index in [1.807, 2.05) is 31.2 Å². The molecule has 2 atom stereocenters. The number of benzene rings is 2. The number of aryl methyl sites for hydroxylation is 1. The Morgan fingerprint density at radius 1 is 0.977 bits per heavy atom. The van der Waals surface area contributed by atoms with Crippen LogP contribution in [0.4, 0.5) is 11.6 Å². The molecule has 4 N–H and O–H groups in total. The third-order valence-corrected chi connectivity index (χ3v) is 9.53. The summed E-state index contributed by atoms with van der Waals surface area (Å²) < 4.78 is 28.7. The minimum Gasteiger partial charge on any atom is -0.397 e. The molecule has 1 aliphatic rings. The molecule has 10 nitrogen and oxygen atoms in total.